The highest BCUT2D eigenvalue weighted by molar-refractivity contribution is 5.94. The molecule has 19 heavy (non-hydrogen) atoms. The number of phenols is 1. The summed E-state index contributed by atoms with van der Waals surface area (Å²) in [6, 6.07) is 4.39. The predicted octanol–water partition coefficient (Wildman–Crippen LogP) is 1.02. The molecule has 2 aromatic rings. The summed E-state index contributed by atoms with van der Waals surface area (Å²) in [6.45, 7) is 1.82. The average Bonchev–Trinajstić information content (AvgIpc) is 2.81. The highest BCUT2D eigenvalue weighted by atomic mass is 16.5. The monoisotopic (exact) mass is 263 g/mol. The molecule has 100 valence electrons. The van der Waals surface area contributed by atoms with Gasteiger partial charge in [0.15, 0.2) is 17.3 Å². The van der Waals surface area contributed by atoms with Crippen LogP contribution in [0.5, 0.6) is 11.5 Å². The van der Waals surface area contributed by atoms with E-state index in [1.807, 2.05) is 0 Å². The van der Waals surface area contributed by atoms with Gasteiger partial charge in [0, 0.05) is 5.56 Å². The Morgan fingerprint density at radius 1 is 1.53 bits per heavy atom. The molecule has 0 aliphatic carbocycles. The van der Waals surface area contributed by atoms with Crippen LogP contribution >= 0.6 is 0 Å². The van der Waals surface area contributed by atoms with E-state index in [1.165, 1.54) is 19.2 Å². The van der Waals surface area contributed by atoms with Crippen molar-refractivity contribution < 1.29 is 19.2 Å². The number of nitrogens with one attached hydrogen (secondary N) is 1. The molecule has 0 aliphatic rings. The second-order valence-electron chi connectivity index (χ2n) is 3.80. The van der Waals surface area contributed by atoms with Gasteiger partial charge in [0.25, 0.3) is 5.91 Å². The highest BCUT2D eigenvalue weighted by Crippen LogP contribution is 2.26. The molecule has 1 aromatic carbocycles. The maximum absolute atomic E-state index is 11.8. The molecule has 0 atom stereocenters. The summed E-state index contributed by atoms with van der Waals surface area (Å²) >= 11 is 0. The number of phenolic OH excluding ortho intramolecular Hbond substituents is 1. The van der Waals surface area contributed by atoms with E-state index in [-0.39, 0.29) is 18.2 Å². The van der Waals surface area contributed by atoms with Crippen LogP contribution in [0.25, 0.3) is 0 Å². The third-order valence-electron chi connectivity index (χ3n) is 2.41. The van der Waals surface area contributed by atoms with Crippen LogP contribution in [0.15, 0.2) is 22.7 Å². The van der Waals surface area contributed by atoms with Crippen molar-refractivity contribution in [2.45, 2.75) is 13.5 Å². The summed E-state index contributed by atoms with van der Waals surface area (Å²) < 4.78 is 9.76. The molecule has 2 N–H and O–H groups in total. The Labute approximate surface area is 109 Å². The quantitative estimate of drug-likeness (QED) is 0.854. The van der Waals surface area contributed by atoms with Gasteiger partial charge in [0.1, 0.15) is 0 Å². The van der Waals surface area contributed by atoms with Crippen LogP contribution in [0, 0.1) is 6.92 Å². The van der Waals surface area contributed by atoms with Crippen molar-refractivity contribution in [3.8, 4) is 11.5 Å². The molecule has 0 saturated heterocycles. The molecule has 7 heteroatoms. The molecule has 0 aliphatic heterocycles. The molecule has 0 unspecified atom stereocenters. The number of carbonyl (C=O) groups is 1. The molecule has 0 radical (unpaired) electrons. The molecule has 0 saturated carbocycles. The fraction of sp³-hybridized carbons (Fsp3) is 0.250. The standard InChI is InChI=1S/C12H13N3O4/c1-7-14-11(19-15-7)6-13-12(17)8-3-4-10(18-2)9(16)5-8/h3-5,16H,6H2,1-2H3,(H,13,17). The van der Waals surface area contributed by atoms with Gasteiger partial charge in [0.05, 0.1) is 13.7 Å². The first-order chi connectivity index (χ1) is 9.10. The zero-order chi connectivity index (χ0) is 13.8. The van der Waals surface area contributed by atoms with Gasteiger partial charge in [0.2, 0.25) is 5.89 Å². The van der Waals surface area contributed by atoms with Crippen molar-refractivity contribution in [1.29, 1.82) is 0 Å². The lowest BCUT2D eigenvalue weighted by molar-refractivity contribution is 0.0946. The third kappa shape index (κ3) is 3.01. The van der Waals surface area contributed by atoms with E-state index in [4.69, 9.17) is 9.26 Å². The zero-order valence-corrected chi connectivity index (χ0v) is 10.5. The topological polar surface area (TPSA) is 97.5 Å². The van der Waals surface area contributed by atoms with Gasteiger partial charge in [-0.2, -0.15) is 4.98 Å². The van der Waals surface area contributed by atoms with Crippen LogP contribution in [-0.4, -0.2) is 28.3 Å². The number of aromatic hydroxyl groups is 1. The summed E-state index contributed by atoms with van der Waals surface area (Å²) in [5.74, 6) is 0.691. The Balaban J connectivity index is 2.01. The number of methoxy groups -OCH3 is 1. The maximum Gasteiger partial charge on any atom is 0.251 e. The van der Waals surface area contributed by atoms with Crippen LogP contribution in [0.1, 0.15) is 22.1 Å². The van der Waals surface area contributed by atoms with Gasteiger partial charge >= 0.3 is 0 Å². The van der Waals surface area contributed by atoms with Gasteiger partial charge in [-0.1, -0.05) is 5.16 Å². The fourth-order valence-electron chi connectivity index (χ4n) is 1.50. The van der Waals surface area contributed by atoms with Crippen molar-refractivity contribution in [1.82, 2.24) is 15.5 Å². The molecular formula is C12H13N3O4. The van der Waals surface area contributed by atoms with Crippen molar-refractivity contribution in [3.05, 3.63) is 35.5 Å². The Bertz CT molecular complexity index is 594. The number of ether oxygens (including phenoxy) is 1. The molecule has 0 spiro atoms. The van der Waals surface area contributed by atoms with E-state index in [1.54, 1.807) is 13.0 Å². The molecule has 2 rings (SSSR count). The molecule has 7 nitrogen and oxygen atoms in total. The van der Waals surface area contributed by atoms with Gasteiger partial charge in [-0.3, -0.25) is 4.79 Å². The van der Waals surface area contributed by atoms with Gasteiger partial charge in [-0.15, -0.1) is 0 Å². The summed E-state index contributed by atoms with van der Waals surface area (Å²) in [4.78, 5) is 15.8. The van der Waals surface area contributed by atoms with E-state index in [0.29, 0.717) is 23.0 Å². The molecule has 1 amide bonds. The number of hydrogen-bond acceptors (Lipinski definition) is 6. The number of carbonyl (C=O) groups excluding carboxylic acids is 1. The summed E-state index contributed by atoms with van der Waals surface area (Å²) in [7, 11) is 1.44. The van der Waals surface area contributed by atoms with Crippen LogP contribution in [0.2, 0.25) is 0 Å². The SMILES string of the molecule is COc1ccc(C(=O)NCc2nc(C)no2)cc1O. The van der Waals surface area contributed by atoms with Crippen molar-refractivity contribution in [2.24, 2.45) is 0 Å². The summed E-state index contributed by atoms with van der Waals surface area (Å²) in [6.07, 6.45) is 0. The van der Waals surface area contributed by atoms with E-state index < -0.39 is 0 Å². The lowest BCUT2D eigenvalue weighted by Crippen LogP contribution is -2.22. The number of benzene rings is 1. The van der Waals surface area contributed by atoms with E-state index in [2.05, 4.69) is 15.5 Å². The largest absolute Gasteiger partial charge is 0.504 e. The van der Waals surface area contributed by atoms with E-state index >= 15 is 0 Å². The maximum atomic E-state index is 11.8. The van der Waals surface area contributed by atoms with Gasteiger partial charge in [-0.05, 0) is 25.1 Å². The van der Waals surface area contributed by atoms with Crippen LogP contribution in [-0.2, 0) is 6.54 Å². The lowest BCUT2D eigenvalue weighted by Gasteiger charge is -2.06. The molecule has 1 aromatic heterocycles. The number of aryl methyl sites for hydroxylation is 1. The molecule has 1 heterocycles. The number of rotatable bonds is 4. The number of nitrogens with zero attached hydrogens (tertiary/aromatic N) is 2. The number of aromatic nitrogens is 2. The first-order valence-corrected chi connectivity index (χ1v) is 5.54. The van der Waals surface area contributed by atoms with E-state index in [0.717, 1.165) is 0 Å². The minimum Gasteiger partial charge on any atom is -0.504 e. The highest BCUT2D eigenvalue weighted by Gasteiger charge is 2.11. The van der Waals surface area contributed by atoms with E-state index in [9.17, 15) is 9.90 Å². The molecular weight excluding hydrogens is 250 g/mol. The summed E-state index contributed by atoms with van der Waals surface area (Å²) in [5, 5.41) is 15.8. The minimum absolute atomic E-state index is 0.0937. The second-order valence-corrected chi connectivity index (χ2v) is 3.80. The number of amides is 1. The first kappa shape index (κ1) is 12.9. The first-order valence-electron chi connectivity index (χ1n) is 5.54. The zero-order valence-electron chi connectivity index (χ0n) is 10.5. The Morgan fingerprint density at radius 2 is 2.32 bits per heavy atom. The van der Waals surface area contributed by atoms with Crippen molar-refractivity contribution >= 4 is 5.91 Å². The molecule has 0 bridgehead atoms. The smallest absolute Gasteiger partial charge is 0.251 e. The third-order valence-corrected chi connectivity index (χ3v) is 2.41. The second kappa shape index (κ2) is 5.38. The lowest BCUT2D eigenvalue weighted by atomic mass is 10.2. The predicted molar refractivity (Wildman–Crippen MR) is 64.9 cm³/mol. The summed E-state index contributed by atoms with van der Waals surface area (Å²) in [5.41, 5.74) is 0.314. The van der Waals surface area contributed by atoms with Crippen LogP contribution in [0.3, 0.4) is 0 Å². The van der Waals surface area contributed by atoms with Crippen LogP contribution < -0.4 is 10.1 Å². The average molecular weight is 263 g/mol. The minimum atomic E-state index is -0.353. The van der Waals surface area contributed by atoms with Crippen LogP contribution in [0.4, 0.5) is 0 Å². The Kier molecular flexibility index (Phi) is 3.65. The number of hydrogen-bond donors (Lipinski definition) is 2. The van der Waals surface area contributed by atoms with Gasteiger partial charge in [-0.25, -0.2) is 0 Å². The Hall–Kier alpha value is -2.57. The van der Waals surface area contributed by atoms with Gasteiger partial charge < -0.3 is 19.7 Å². The molecule has 0 fully saturated rings. The van der Waals surface area contributed by atoms with Crippen molar-refractivity contribution in [3.63, 3.8) is 0 Å². The fourth-order valence-corrected chi connectivity index (χ4v) is 1.50. The Morgan fingerprint density at radius 3 is 2.89 bits per heavy atom. The normalized spacial score (nSPS) is 10.2. The van der Waals surface area contributed by atoms with Crippen molar-refractivity contribution in [2.75, 3.05) is 7.11 Å².